The van der Waals surface area contributed by atoms with E-state index in [1.54, 1.807) is 4.31 Å². The SMILES string of the molecule is CCC1CN(S(=O)(=O)C2CCCC2C(=O)OC)CCN1C. The molecule has 1 saturated heterocycles. The van der Waals surface area contributed by atoms with Crippen LogP contribution in [0.4, 0.5) is 0 Å². The molecule has 0 radical (unpaired) electrons. The van der Waals surface area contributed by atoms with Gasteiger partial charge in [-0.3, -0.25) is 4.79 Å². The molecule has 3 unspecified atom stereocenters. The molecule has 122 valence electrons. The molecule has 0 spiro atoms. The molecular formula is C14H26N2O4S. The molecule has 0 aromatic carbocycles. The minimum Gasteiger partial charge on any atom is -0.469 e. The fraction of sp³-hybridized carbons (Fsp3) is 0.929. The van der Waals surface area contributed by atoms with Crippen LogP contribution in [0, 0.1) is 5.92 Å². The predicted octanol–water partition coefficient (Wildman–Crippen LogP) is 0.684. The number of ether oxygens (including phenoxy) is 1. The summed E-state index contributed by atoms with van der Waals surface area (Å²) in [5, 5.41) is -0.606. The molecule has 1 aliphatic heterocycles. The second-order valence-electron chi connectivity index (χ2n) is 6.04. The van der Waals surface area contributed by atoms with Crippen LogP contribution in [0.15, 0.2) is 0 Å². The molecule has 1 heterocycles. The van der Waals surface area contributed by atoms with Crippen LogP contribution in [0.1, 0.15) is 32.6 Å². The van der Waals surface area contributed by atoms with Crippen molar-refractivity contribution in [2.45, 2.75) is 43.9 Å². The third kappa shape index (κ3) is 3.24. The molecule has 2 aliphatic rings. The van der Waals surface area contributed by atoms with Crippen molar-refractivity contribution >= 4 is 16.0 Å². The van der Waals surface area contributed by atoms with Crippen LogP contribution in [-0.2, 0) is 19.6 Å². The first kappa shape index (κ1) is 16.7. The Hall–Kier alpha value is -0.660. The molecule has 21 heavy (non-hydrogen) atoms. The summed E-state index contributed by atoms with van der Waals surface area (Å²) in [5.41, 5.74) is 0. The lowest BCUT2D eigenvalue weighted by Gasteiger charge is -2.39. The number of nitrogens with zero attached hydrogens (tertiary/aromatic N) is 2. The Morgan fingerprint density at radius 1 is 1.29 bits per heavy atom. The van der Waals surface area contributed by atoms with Crippen LogP contribution in [0.3, 0.4) is 0 Å². The van der Waals surface area contributed by atoms with E-state index in [1.165, 1.54) is 7.11 Å². The minimum absolute atomic E-state index is 0.256. The summed E-state index contributed by atoms with van der Waals surface area (Å²) in [5.74, 6) is -0.887. The average molecular weight is 318 g/mol. The van der Waals surface area contributed by atoms with Gasteiger partial charge in [-0.1, -0.05) is 13.3 Å². The van der Waals surface area contributed by atoms with E-state index in [1.807, 2.05) is 7.05 Å². The number of hydrogen-bond acceptors (Lipinski definition) is 5. The lowest BCUT2D eigenvalue weighted by atomic mass is 10.1. The number of sulfonamides is 1. The zero-order chi connectivity index (χ0) is 15.6. The third-order valence-electron chi connectivity index (χ3n) is 4.91. The molecular weight excluding hydrogens is 292 g/mol. The van der Waals surface area contributed by atoms with Gasteiger partial charge >= 0.3 is 5.97 Å². The minimum atomic E-state index is -3.43. The standard InChI is InChI=1S/C14H26N2O4S/c1-4-11-10-16(9-8-15(11)2)21(18,19)13-7-5-6-12(13)14(17)20-3/h11-13H,4-10H2,1-3H3. The zero-order valence-electron chi connectivity index (χ0n) is 13.1. The fourth-order valence-corrected chi connectivity index (χ4v) is 5.71. The summed E-state index contributed by atoms with van der Waals surface area (Å²) in [6, 6.07) is 0.256. The Morgan fingerprint density at radius 3 is 2.62 bits per heavy atom. The Morgan fingerprint density at radius 2 is 2.00 bits per heavy atom. The topological polar surface area (TPSA) is 66.9 Å². The van der Waals surface area contributed by atoms with Crippen molar-refractivity contribution in [1.29, 1.82) is 0 Å². The van der Waals surface area contributed by atoms with Crippen LogP contribution >= 0.6 is 0 Å². The summed E-state index contributed by atoms with van der Waals surface area (Å²) >= 11 is 0. The fourth-order valence-electron chi connectivity index (χ4n) is 3.48. The van der Waals surface area contributed by atoms with Gasteiger partial charge in [0.15, 0.2) is 0 Å². The predicted molar refractivity (Wildman–Crippen MR) is 80.3 cm³/mol. The van der Waals surface area contributed by atoms with Crippen molar-refractivity contribution in [3.05, 3.63) is 0 Å². The van der Waals surface area contributed by atoms with Gasteiger partial charge in [-0.25, -0.2) is 8.42 Å². The van der Waals surface area contributed by atoms with Crippen molar-refractivity contribution in [2.24, 2.45) is 5.92 Å². The number of hydrogen-bond donors (Lipinski definition) is 0. The van der Waals surface area contributed by atoms with Gasteiger partial charge in [0.2, 0.25) is 10.0 Å². The van der Waals surface area contributed by atoms with E-state index < -0.39 is 21.2 Å². The second kappa shape index (κ2) is 6.62. The number of piperazine rings is 1. The number of esters is 1. The molecule has 2 rings (SSSR count). The molecule has 2 fully saturated rings. The molecule has 7 heteroatoms. The van der Waals surface area contributed by atoms with Crippen LogP contribution in [0.25, 0.3) is 0 Å². The van der Waals surface area contributed by atoms with E-state index in [2.05, 4.69) is 11.8 Å². The van der Waals surface area contributed by atoms with E-state index in [4.69, 9.17) is 4.74 Å². The van der Waals surface area contributed by atoms with Crippen molar-refractivity contribution in [1.82, 2.24) is 9.21 Å². The van der Waals surface area contributed by atoms with Crippen LogP contribution < -0.4 is 0 Å². The van der Waals surface area contributed by atoms with E-state index in [-0.39, 0.29) is 12.0 Å². The maximum Gasteiger partial charge on any atom is 0.310 e. The molecule has 0 aromatic rings. The highest BCUT2D eigenvalue weighted by atomic mass is 32.2. The van der Waals surface area contributed by atoms with Gasteiger partial charge in [-0.05, 0) is 26.3 Å². The van der Waals surface area contributed by atoms with Gasteiger partial charge in [-0.2, -0.15) is 4.31 Å². The normalized spacial score (nSPS) is 32.2. The number of methoxy groups -OCH3 is 1. The Kier molecular flexibility index (Phi) is 5.27. The monoisotopic (exact) mass is 318 g/mol. The number of rotatable bonds is 4. The van der Waals surface area contributed by atoms with Gasteiger partial charge in [0.05, 0.1) is 18.3 Å². The maximum absolute atomic E-state index is 12.9. The van der Waals surface area contributed by atoms with Gasteiger partial charge < -0.3 is 9.64 Å². The molecule has 6 nitrogen and oxygen atoms in total. The molecule has 0 amide bonds. The number of carbonyl (C=O) groups is 1. The zero-order valence-corrected chi connectivity index (χ0v) is 13.9. The van der Waals surface area contributed by atoms with E-state index in [0.29, 0.717) is 25.9 Å². The highest BCUT2D eigenvalue weighted by molar-refractivity contribution is 7.89. The molecule has 3 atom stereocenters. The van der Waals surface area contributed by atoms with Gasteiger partial charge in [0.25, 0.3) is 0 Å². The van der Waals surface area contributed by atoms with Crippen molar-refractivity contribution in [3.8, 4) is 0 Å². The van der Waals surface area contributed by atoms with Gasteiger partial charge in [-0.15, -0.1) is 0 Å². The molecule has 0 aromatic heterocycles. The van der Waals surface area contributed by atoms with Crippen LogP contribution in [-0.4, -0.2) is 68.7 Å². The van der Waals surface area contributed by atoms with Crippen LogP contribution in [0.2, 0.25) is 0 Å². The van der Waals surface area contributed by atoms with Crippen LogP contribution in [0.5, 0.6) is 0 Å². The number of likely N-dealkylation sites (N-methyl/N-ethyl adjacent to an activating group) is 1. The quantitative estimate of drug-likeness (QED) is 0.713. The first-order chi connectivity index (χ1) is 9.91. The average Bonchev–Trinajstić information content (AvgIpc) is 2.97. The number of carbonyl (C=O) groups excluding carboxylic acids is 1. The Labute approximate surface area is 127 Å². The largest absolute Gasteiger partial charge is 0.469 e. The molecule has 0 bridgehead atoms. The smallest absolute Gasteiger partial charge is 0.310 e. The van der Waals surface area contributed by atoms with E-state index >= 15 is 0 Å². The second-order valence-corrected chi connectivity index (χ2v) is 8.20. The lowest BCUT2D eigenvalue weighted by Crippen LogP contribution is -2.55. The summed E-state index contributed by atoms with van der Waals surface area (Å²) in [6.45, 7) is 3.86. The Bertz CT molecular complexity index is 479. The summed E-state index contributed by atoms with van der Waals surface area (Å²) in [7, 11) is -0.0673. The van der Waals surface area contributed by atoms with Crippen molar-refractivity contribution in [2.75, 3.05) is 33.8 Å². The highest BCUT2D eigenvalue weighted by Gasteiger charge is 2.45. The summed E-state index contributed by atoms with van der Waals surface area (Å²) in [4.78, 5) is 14.0. The lowest BCUT2D eigenvalue weighted by molar-refractivity contribution is -0.145. The van der Waals surface area contributed by atoms with Crippen molar-refractivity contribution in [3.63, 3.8) is 0 Å². The Balaban J connectivity index is 2.15. The third-order valence-corrected chi connectivity index (χ3v) is 7.29. The first-order valence-electron chi connectivity index (χ1n) is 7.68. The van der Waals surface area contributed by atoms with Gasteiger partial charge in [0.1, 0.15) is 0 Å². The van der Waals surface area contributed by atoms with Crippen molar-refractivity contribution < 1.29 is 17.9 Å². The highest BCUT2D eigenvalue weighted by Crippen LogP contribution is 2.34. The van der Waals surface area contributed by atoms with Gasteiger partial charge in [0, 0.05) is 25.7 Å². The summed E-state index contributed by atoms with van der Waals surface area (Å²) < 4.78 is 32.1. The molecule has 1 aliphatic carbocycles. The molecule has 1 saturated carbocycles. The van der Waals surface area contributed by atoms with E-state index in [9.17, 15) is 13.2 Å². The molecule has 0 N–H and O–H groups in total. The van der Waals surface area contributed by atoms with E-state index in [0.717, 1.165) is 19.4 Å². The maximum atomic E-state index is 12.9. The summed E-state index contributed by atoms with van der Waals surface area (Å²) in [6.07, 6.45) is 2.87. The first-order valence-corrected chi connectivity index (χ1v) is 9.19.